The standard InChI is InChI=1S/C23H30N4O2/c28-22(26-11-1-2-12-26)27-14-9-23(29)8-13-25(16-19(23)17-27)15-18-5-3-7-21-20(18)6-4-10-24-21/h3-7,10,19,29H,1-2,8-9,11-17H2/t19-,23-/m0/s1. The molecule has 1 N–H and O–H groups in total. The van der Waals surface area contributed by atoms with Crippen molar-refractivity contribution in [2.45, 2.75) is 37.8 Å². The van der Waals surface area contributed by atoms with E-state index in [9.17, 15) is 9.90 Å². The molecule has 2 atom stereocenters. The van der Waals surface area contributed by atoms with Crippen LogP contribution in [0.15, 0.2) is 36.5 Å². The van der Waals surface area contributed by atoms with E-state index in [1.54, 1.807) is 0 Å². The van der Waals surface area contributed by atoms with Crippen molar-refractivity contribution in [1.82, 2.24) is 19.7 Å². The summed E-state index contributed by atoms with van der Waals surface area (Å²) < 4.78 is 0. The second kappa shape index (κ2) is 7.58. The molecule has 154 valence electrons. The Kier molecular flexibility index (Phi) is 4.92. The van der Waals surface area contributed by atoms with Gasteiger partial charge >= 0.3 is 6.03 Å². The summed E-state index contributed by atoms with van der Waals surface area (Å²) in [5, 5.41) is 12.4. The molecular weight excluding hydrogens is 364 g/mol. The smallest absolute Gasteiger partial charge is 0.320 e. The first-order valence-corrected chi connectivity index (χ1v) is 10.9. The average molecular weight is 395 g/mol. The van der Waals surface area contributed by atoms with Gasteiger partial charge in [0.1, 0.15) is 0 Å². The molecule has 29 heavy (non-hydrogen) atoms. The van der Waals surface area contributed by atoms with Crippen LogP contribution in [-0.4, -0.2) is 75.7 Å². The van der Waals surface area contributed by atoms with Gasteiger partial charge in [0.05, 0.1) is 11.1 Å². The number of piperidine rings is 2. The molecule has 1 aromatic carbocycles. The van der Waals surface area contributed by atoms with Crippen LogP contribution in [0.25, 0.3) is 10.9 Å². The van der Waals surface area contributed by atoms with Gasteiger partial charge in [-0.15, -0.1) is 0 Å². The average Bonchev–Trinajstić information content (AvgIpc) is 3.28. The number of aliphatic hydroxyl groups is 1. The van der Waals surface area contributed by atoms with E-state index in [1.165, 1.54) is 10.9 Å². The molecular formula is C23H30N4O2. The molecule has 5 rings (SSSR count). The van der Waals surface area contributed by atoms with E-state index in [2.05, 4.69) is 34.1 Å². The quantitative estimate of drug-likeness (QED) is 0.851. The van der Waals surface area contributed by atoms with Crippen molar-refractivity contribution < 1.29 is 9.90 Å². The second-order valence-corrected chi connectivity index (χ2v) is 8.95. The summed E-state index contributed by atoms with van der Waals surface area (Å²) >= 11 is 0. The summed E-state index contributed by atoms with van der Waals surface area (Å²) in [7, 11) is 0. The second-order valence-electron chi connectivity index (χ2n) is 8.95. The van der Waals surface area contributed by atoms with Crippen molar-refractivity contribution in [3.05, 3.63) is 42.1 Å². The first-order valence-electron chi connectivity index (χ1n) is 10.9. The van der Waals surface area contributed by atoms with Crippen LogP contribution < -0.4 is 0 Å². The molecule has 4 heterocycles. The van der Waals surface area contributed by atoms with Gasteiger partial charge in [0.2, 0.25) is 0 Å². The first kappa shape index (κ1) is 18.8. The minimum Gasteiger partial charge on any atom is -0.389 e. The highest BCUT2D eigenvalue weighted by molar-refractivity contribution is 5.81. The molecule has 2 amide bonds. The van der Waals surface area contributed by atoms with Crippen LogP contribution in [0.4, 0.5) is 4.79 Å². The number of fused-ring (bicyclic) bond motifs is 2. The highest BCUT2D eigenvalue weighted by atomic mass is 16.3. The molecule has 0 saturated carbocycles. The molecule has 3 saturated heterocycles. The van der Waals surface area contributed by atoms with Gasteiger partial charge in [-0.2, -0.15) is 0 Å². The zero-order valence-electron chi connectivity index (χ0n) is 17.0. The van der Waals surface area contributed by atoms with Crippen molar-refractivity contribution in [2.24, 2.45) is 5.92 Å². The summed E-state index contributed by atoms with van der Waals surface area (Å²) in [5.41, 5.74) is 1.68. The zero-order valence-corrected chi connectivity index (χ0v) is 17.0. The third-order valence-corrected chi connectivity index (χ3v) is 7.13. The zero-order chi connectivity index (χ0) is 19.8. The number of rotatable bonds is 2. The van der Waals surface area contributed by atoms with Crippen LogP contribution in [0.5, 0.6) is 0 Å². The highest BCUT2D eigenvalue weighted by Gasteiger charge is 2.46. The number of benzene rings is 1. The van der Waals surface area contributed by atoms with E-state index in [4.69, 9.17) is 0 Å². The molecule has 0 bridgehead atoms. The van der Waals surface area contributed by atoms with Gasteiger partial charge in [-0.05, 0) is 43.4 Å². The number of amides is 2. The van der Waals surface area contributed by atoms with Crippen LogP contribution in [0.2, 0.25) is 0 Å². The minimum atomic E-state index is -0.626. The summed E-state index contributed by atoms with van der Waals surface area (Å²) in [4.78, 5) is 23.7. The molecule has 6 nitrogen and oxygen atoms in total. The van der Waals surface area contributed by atoms with Crippen molar-refractivity contribution in [2.75, 3.05) is 39.3 Å². The van der Waals surface area contributed by atoms with Gasteiger partial charge in [0, 0.05) is 63.3 Å². The first-order chi connectivity index (χ1) is 14.1. The normalized spacial score (nSPS) is 28.0. The number of hydrogen-bond acceptors (Lipinski definition) is 4. The maximum Gasteiger partial charge on any atom is 0.320 e. The lowest BCUT2D eigenvalue weighted by Gasteiger charge is -2.50. The van der Waals surface area contributed by atoms with Crippen molar-refractivity contribution in [1.29, 1.82) is 0 Å². The fraction of sp³-hybridized carbons (Fsp3) is 0.565. The molecule has 3 aliphatic rings. The topological polar surface area (TPSA) is 59.9 Å². The maximum atomic E-state index is 12.8. The van der Waals surface area contributed by atoms with Crippen molar-refractivity contribution in [3.8, 4) is 0 Å². The summed E-state index contributed by atoms with van der Waals surface area (Å²) in [5.74, 6) is 0.115. The van der Waals surface area contributed by atoms with E-state index in [0.29, 0.717) is 19.5 Å². The van der Waals surface area contributed by atoms with Gasteiger partial charge in [0.25, 0.3) is 0 Å². The third kappa shape index (κ3) is 3.60. The Morgan fingerprint density at radius 2 is 1.86 bits per heavy atom. The Labute approximate surface area is 172 Å². The van der Waals surface area contributed by atoms with Crippen LogP contribution in [0.3, 0.4) is 0 Å². The lowest BCUT2D eigenvalue weighted by Crippen LogP contribution is -2.61. The monoisotopic (exact) mass is 394 g/mol. The van der Waals surface area contributed by atoms with Gasteiger partial charge < -0.3 is 14.9 Å². The van der Waals surface area contributed by atoms with Crippen molar-refractivity contribution in [3.63, 3.8) is 0 Å². The van der Waals surface area contributed by atoms with Crippen LogP contribution in [0, 0.1) is 5.92 Å². The molecule has 3 aliphatic heterocycles. The molecule has 3 fully saturated rings. The Morgan fingerprint density at radius 1 is 1.03 bits per heavy atom. The van der Waals surface area contributed by atoms with E-state index < -0.39 is 5.60 Å². The van der Waals surface area contributed by atoms with Gasteiger partial charge in [-0.25, -0.2) is 4.79 Å². The predicted octanol–water partition coefficient (Wildman–Crippen LogP) is 2.71. The number of pyridine rings is 1. The number of aromatic nitrogens is 1. The number of carbonyl (C=O) groups excluding carboxylic acids is 1. The van der Waals surface area contributed by atoms with E-state index in [0.717, 1.165) is 57.5 Å². The summed E-state index contributed by atoms with van der Waals surface area (Å²) in [6, 6.07) is 10.6. The lowest BCUT2D eigenvalue weighted by molar-refractivity contribution is -0.108. The minimum absolute atomic E-state index is 0.115. The van der Waals surface area contributed by atoms with Crippen molar-refractivity contribution >= 4 is 16.9 Å². The summed E-state index contributed by atoms with van der Waals surface area (Å²) in [6.45, 7) is 5.68. The van der Waals surface area contributed by atoms with Crippen LogP contribution in [0.1, 0.15) is 31.2 Å². The molecule has 6 heteroatoms. The number of carbonyl (C=O) groups is 1. The van der Waals surface area contributed by atoms with E-state index >= 15 is 0 Å². The molecule has 2 aromatic rings. The van der Waals surface area contributed by atoms with E-state index in [1.807, 2.05) is 22.1 Å². The molecule has 0 aliphatic carbocycles. The number of nitrogens with zero attached hydrogens (tertiary/aromatic N) is 4. The Morgan fingerprint density at radius 3 is 2.72 bits per heavy atom. The Hall–Kier alpha value is -2.18. The molecule has 1 aromatic heterocycles. The molecule has 0 spiro atoms. The molecule has 0 radical (unpaired) electrons. The molecule has 0 unspecified atom stereocenters. The Balaban J connectivity index is 1.29. The fourth-order valence-corrected chi connectivity index (χ4v) is 5.34. The fourth-order valence-electron chi connectivity index (χ4n) is 5.34. The van der Waals surface area contributed by atoms with Crippen LogP contribution >= 0.6 is 0 Å². The van der Waals surface area contributed by atoms with Gasteiger partial charge in [-0.1, -0.05) is 18.2 Å². The van der Waals surface area contributed by atoms with Gasteiger partial charge in [0.15, 0.2) is 0 Å². The Bertz CT molecular complexity index is 892. The van der Waals surface area contributed by atoms with Crippen LogP contribution in [-0.2, 0) is 6.54 Å². The number of urea groups is 1. The third-order valence-electron chi connectivity index (χ3n) is 7.13. The number of hydrogen-bond donors (Lipinski definition) is 1. The van der Waals surface area contributed by atoms with Gasteiger partial charge in [-0.3, -0.25) is 9.88 Å². The number of likely N-dealkylation sites (tertiary alicyclic amines) is 3. The predicted molar refractivity (Wildman–Crippen MR) is 112 cm³/mol. The SMILES string of the molecule is O=C(N1CCCC1)N1CC[C@@]2(O)CCN(Cc3cccc4ncccc34)C[C@H]2C1. The largest absolute Gasteiger partial charge is 0.389 e. The maximum absolute atomic E-state index is 12.8. The highest BCUT2D eigenvalue weighted by Crippen LogP contribution is 2.36. The summed E-state index contributed by atoms with van der Waals surface area (Å²) in [6.07, 6.45) is 5.54. The van der Waals surface area contributed by atoms with E-state index in [-0.39, 0.29) is 11.9 Å². The lowest BCUT2D eigenvalue weighted by atomic mass is 9.75.